The molecule has 130 valence electrons. The second kappa shape index (κ2) is 6.77. The quantitative estimate of drug-likeness (QED) is 0.645. The lowest BCUT2D eigenvalue weighted by molar-refractivity contribution is 0.261. The van der Waals surface area contributed by atoms with Crippen molar-refractivity contribution in [1.82, 2.24) is 0 Å². The molecule has 0 saturated heterocycles. The molecule has 0 bridgehead atoms. The molecular formula is C22H17ClO3. The molecule has 0 radical (unpaired) electrons. The standard InChI is InChI=1S/C22H17ClO3/c1-25-19-10-5-14(6-11-19)20-12-16-2-7-17(23)13-21(16)26-22(20)15-3-8-18(24)9-4-15/h2-13,22,24H,1H3. The van der Waals surface area contributed by atoms with E-state index in [0.29, 0.717) is 5.02 Å². The van der Waals surface area contributed by atoms with Gasteiger partial charge in [0.15, 0.2) is 0 Å². The highest BCUT2D eigenvalue weighted by Crippen LogP contribution is 2.43. The zero-order valence-corrected chi connectivity index (χ0v) is 14.9. The molecule has 0 aliphatic carbocycles. The number of halogens is 1. The van der Waals surface area contributed by atoms with E-state index in [1.165, 1.54) is 0 Å². The van der Waals surface area contributed by atoms with E-state index < -0.39 is 0 Å². The van der Waals surface area contributed by atoms with Gasteiger partial charge >= 0.3 is 0 Å². The van der Waals surface area contributed by atoms with Crippen LogP contribution in [0.4, 0.5) is 0 Å². The lowest BCUT2D eigenvalue weighted by Gasteiger charge is -2.28. The molecule has 0 fully saturated rings. The van der Waals surface area contributed by atoms with Crippen molar-refractivity contribution < 1.29 is 14.6 Å². The fourth-order valence-electron chi connectivity index (χ4n) is 3.08. The Labute approximate surface area is 157 Å². The van der Waals surface area contributed by atoms with Crippen LogP contribution >= 0.6 is 11.6 Å². The van der Waals surface area contributed by atoms with Gasteiger partial charge in [-0.2, -0.15) is 0 Å². The first-order valence-corrected chi connectivity index (χ1v) is 8.63. The van der Waals surface area contributed by atoms with Crippen molar-refractivity contribution in [3.05, 3.63) is 88.4 Å². The number of fused-ring (bicyclic) bond motifs is 1. The molecule has 4 rings (SSSR count). The summed E-state index contributed by atoms with van der Waals surface area (Å²) in [4.78, 5) is 0. The van der Waals surface area contributed by atoms with Crippen LogP contribution in [-0.4, -0.2) is 12.2 Å². The molecule has 1 unspecified atom stereocenters. The Morgan fingerprint density at radius 2 is 1.69 bits per heavy atom. The van der Waals surface area contributed by atoms with Crippen LogP contribution in [-0.2, 0) is 0 Å². The first-order chi connectivity index (χ1) is 12.6. The Morgan fingerprint density at radius 3 is 2.38 bits per heavy atom. The summed E-state index contributed by atoms with van der Waals surface area (Å²) in [6, 6.07) is 20.6. The highest BCUT2D eigenvalue weighted by molar-refractivity contribution is 6.30. The van der Waals surface area contributed by atoms with Gasteiger partial charge in [-0.1, -0.05) is 35.9 Å². The highest BCUT2D eigenvalue weighted by Gasteiger charge is 2.26. The number of hydrogen-bond donors (Lipinski definition) is 1. The van der Waals surface area contributed by atoms with Crippen LogP contribution < -0.4 is 9.47 Å². The van der Waals surface area contributed by atoms with Gasteiger partial charge < -0.3 is 14.6 Å². The van der Waals surface area contributed by atoms with Gasteiger partial charge in [-0.05, 0) is 59.7 Å². The number of methoxy groups -OCH3 is 1. The van der Waals surface area contributed by atoms with E-state index in [9.17, 15) is 5.11 Å². The van der Waals surface area contributed by atoms with Gasteiger partial charge in [-0.25, -0.2) is 0 Å². The molecule has 1 heterocycles. The van der Waals surface area contributed by atoms with Gasteiger partial charge in [-0.15, -0.1) is 0 Å². The van der Waals surface area contributed by atoms with Crippen molar-refractivity contribution in [3.8, 4) is 17.2 Å². The Hall–Kier alpha value is -2.91. The zero-order valence-electron chi connectivity index (χ0n) is 14.1. The molecule has 4 heteroatoms. The SMILES string of the molecule is COc1ccc(C2=Cc3ccc(Cl)cc3OC2c2ccc(O)cc2)cc1. The Kier molecular flexibility index (Phi) is 4.31. The van der Waals surface area contributed by atoms with Gasteiger partial charge in [0.05, 0.1) is 7.11 Å². The number of phenols is 1. The fourth-order valence-corrected chi connectivity index (χ4v) is 3.24. The van der Waals surface area contributed by atoms with Gasteiger partial charge in [0.1, 0.15) is 23.4 Å². The predicted octanol–water partition coefficient (Wildman–Crippen LogP) is 5.73. The van der Waals surface area contributed by atoms with Crippen molar-refractivity contribution in [2.24, 2.45) is 0 Å². The molecule has 26 heavy (non-hydrogen) atoms. The van der Waals surface area contributed by atoms with Crippen molar-refractivity contribution in [2.75, 3.05) is 7.11 Å². The van der Waals surface area contributed by atoms with Crippen LogP contribution in [0.1, 0.15) is 22.8 Å². The van der Waals surface area contributed by atoms with Gasteiger partial charge in [0, 0.05) is 16.2 Å². The third kappa shape index (κ3) is 3.14. The summed E-state index contributed by atoms with van der Waals surface area (Å²) < 4.78 is 11.6. The summed E-state index contributed by atoms with van der Waals surface area (Å²) in [5, 5.41) is 10.2. The van der Waals surface area contributed by atoms with Crippen LogP contribution in [0, 0.1) is 0 Å². The van der Waals surface area contributed by atoms with Gasteiger partial charge in [0.2, 0.25) is 0 Å². The fraction of sp³-hybridized carbons (Fsp3) is 0.0909. The van der Waals surface area contributed by atoms with E-state index >= 15 is 0 Å². The Morgan fingerprint density at radius 1 is 0.962 bits per heavy atom. The number of aromatic hydroxyl groups is 1. The summed E-state index contributed by atoms with van der Waals surface area (Å²) in [5.74, 6) is 1.77. The minimum Gasteiger partial charge on any atom is -0.508 e. The molecule has 0 aromatic heterocycles. The van der Waals surface area contributed by atoms with Gasteiger partial charge in [0.25, 0.3) is 0 Å². The van der Waals surface area contributed by atoms with Crippen LogP contribution in [0.5, 0.6) is 17.2 Å². The minimum atomic E-state index is -0.296. The first kappa shape index (κ1) is 16.6. The van der Waals surface area contributed by atoms with E-state index in [1.54, 1.807) is 19.2 Å². The second-order valence-corrected chi connectivity index (χ2v) is 6.54. The number of ether oxygens (including phenoxy) is 2. The third-order valence-electron chi connectivity index (χ3n) is 4.43. The summed E-state index contributed by atoms with van der Waals surface area (Å²) >= 11 is 6.13. The molecule has 0 amide bonds. The lowest BCUT2D eigenvalue weighted by Crippen LogP contribution is -2.14. The summed E-state index contributed by atoms with van der Waals surface area (Å²) in [7, 11) is 1.65. The molecule has 1 aliphatic heterocycles. The normalized spacial score (nSPS) is 15.6. The number of phenolic OH excluding ortho intramolecular Hbond substituents is 1. The maximum atomic E-state index is 9.60. The largest absolute Gasteiger partial charge is 0.508 e. The first-order valence-electron chi connectivity index (χ1n) is 8.25. The number of benzene rings is 3. The van der Waals surface area contributed by atoms with E-state index in [4.69, 9.17) is 21.1 Å². The molecule has 1 atom stereocenters. The number of hydrogen-bond acceptors (Lipinski definition) is 3. The summed E-state index contributed by atoms with van der Waals surface area (Å²) in [6.45, 7) is 0. The molecule has 1 aliphatic rings. The van der Waals surface area contributed by atoms with Gasteiger partial charge in [-0.3, -0.25) is 0 Å². The maximum absolute atomic E-state index is 9.60. The molecule has 1 N–H and O–H groups in total. The van der Waals surface area contributed by atoms with Crippen molar-refractivity contribution in [3.63, 3.8) is 0 Å². The highest BCUT2D eigenvalue weighted by atomic mass is 35.5. The minimum absolute atomic E-state index is 0.225. The molecule has 3 aromatic rings. The average molecular weight is 365 g/mol. The lowest BCUT2D eigenvalue weighted by atomic mass is 9.91. The molecule has 0 saturated carbocycles. The van der Waals surface area contributed by atoms with E-state index in [2.05, 4.69) is 6.08 Å². The van der Waals surface area contributed by atoms with Crippen LogP contribution in [0.15, 0.2) is 66.7 Å². The van der Waals surface area contributed by atoms with E-state index in [0.717, 1.165) is 33.8 Å². The number of rotatable bonds is 3. The Bertz CT molecular complexity index is 960. The van der Waals surface area contributed by atoms with Crippen LogP contribution in [0.3, 0.4) is 0 Å². The van der Waals surface area contributed by atoms with Crippen molar-refractivity contribution in [1.29, 1.82) is 0 Å². The second-order valence-electron chi connectivity index (χ2n) is 6.10. The molecular weight excluding hydrogens is 348 g/mol. The molecule has 3 nitrogen and oxygen atoms in total. The van der Waals surface area contributed by atoms with Crippen LogP contribution in [0.2, 0.25) is 5.02 Å². The topological polar surface area (TPSA) is 38.7 Å². The monoisotopic (exact) mass is 364 g/mol. The molecule has 3 aromatic carbocycles. The summed E-state index contributed by atoms with van der Waals surface area (Å²) in [5.41, 5.74) is 4.02. The maximum Gasteiger partial charge on any atom is 0.149 e. The molecule has 0 spiro atoms. The van der Waals surface area contributed by atoms with Crippen LogP contribution in [0.25, 0.3) is 11.6 Å². The average Bonchev–Trinajstić information content (AvgIpc) is 2.67. The zero-order chi connectivity index (χ0) is 18.1. The van der Waals surface area contributed by atoms with E-state index in [-0.39, 0.29) is 11.9 Å². The van der Waals surface area contributed by atoms with Crippen molar-refractivity contribution in [2.45, 2.75) is 6.10 Å². The van der Waals surface area contributed by atoms with Crippen molar-refractivity contribution >= 4 is 23.3 Å². The van der Waals surface area contributed by atoms with E-state index in [1.807, 2.05) is 54.6 Å². The summed E-state index contributed by atoms with van der Waals surface area (Å²) in [6.07, 6.45) is 1.82. The smallest absolute Gasteiger partial charge is 0.149 e. The predicted molar refractivity (Wildman–Crippen MR) is 104 cm³/mol. The Balaban J connectivity index is 1.83. The third-order valence-corrected chi connectivity index (χ3v) is 4.67.